The number of nitrogens with one attached hydrogen (secondary N) is 1. The lowest BCUT2D eigenvalue weighted by atomic mass is 9.97. The van der Waals surface area contributed by atoms with E-state index in [0.29, 0.717) is 5.56 Å². The van der Waals surface area contributed by atoms with Gasteiger partial charge in [-0.25, -0.2) is 22.2 Å². The Morgan fingerprint density at radius 3 is 2.76 bits per heavy atom. The summed E-state index contributed by atoms with van der Waals surface area (Å²) in [6.45, 7) is 1.71. The Hall–Kier alpha value is -2.06. The van der Waals surface area contributed by atoms with Gasteiger partial charge < -0.3 is 0 Å². The molecule has 1 aromatic carbocycles. The second-order valence-electron chi connectivity index (χ2n) is 6.19. The predicted molar refractivity (Wildman–Crippen MR) is 91.5 cm³/mol. The van der Waals surface area contributed by atoms with Crippen LogP contribution in [0.4, 0.5) is 4.39 Å². The van der Waals surface area contributed by atoms with Gasteiger partial charge in [0.1, 0.15) is 5.82 Å². The van der Waals surface area contributed by atoms with Crippen LogP contribution in [0.25, 0.3) is 0 Å². The van der Waals surface area contributed by atoms with Crippen molar-refractivity contribution < 1.29 is 12.8 Å². The number of rotatable bonds is 5. The van der Waals surface area contributed by atoms with Crippen molar-refractivity contribution in [1.29, 1.82) is 0 Å². The maximum atomic E-state index is 13.1. The first kappa shape index (κ1) is 17.8. The third kappa shape index (κ3) is 3.96. The van der Waals surface area contributed by atoms with E-state index in [1.807, 2.05) is 0 Å². The first-order valence-electron chi connectivity index (χ1n) is 8.22. The zero-order chi connectivity index (χ0) is 18.0. The Kier molecular flexibility index (Phi) is 5.01. The standard InChI is InChI=1S/C17H20FN3O3S/c1-12-10-14(18)6-7-16(12)25(23,24)19-8-9-21-17(22)11-13-4-2-3-5-15(13)20-21/h6-7,10-11,19H,2-5,8-9H2,1H3. The molecular formula is C17H20FN3O3S. The number of nitrogens with zero attached hydrogens (tertiary/aromatic N) is 2. The van der Waals surface area contributed by atoms with Gasteiger partial charge in [-0.2, -0.15) is 5.10 Å². The van der Waals surface area contributed by atoms with Gasteiger partial charge >= 0.3 is 0 Å². The molecule has 0 aliphatic heterocycles. The summed E-state index contributed by atoms with van der Waals surface area (Å²) in [6, 6.07) is 5.11. The van der Waals surface area contributed by atoms with Crippen LogP contribution in [-0.4, -0.2) is 24.7 Å². The molecule has 1 aliphatic carbocycles. The smallest absolute Gasteiger partial charge is 0.267 e. The summed E-state index contributed by atoms with van der Waals surface area (Å²) in [5.74, 6) is -0.485. The number of benzene rings is 1. The number of aromatic nitrogens is 2. The Balaban J connectivity index is 1.71. The minimum atomic E-state index is -3.77. The van der Waals surface area contributed by atoms with Crippen LogP contribution in [0.1, 0.15) is 29.7 Å². The summed E-state index contributed by atoms with van der Waals surface area (Å²) in [5, 5.41) is 4.35. The minimum absolute atomic E-state index is 0.0275. The van der Waals surface area contributed by atoms with Crippen molar-refractivity contribution in [3.63, 3.8) is 0 Å². The van der Waals surface area contributed by atoms with E-state index < -0.39 is 15.8 Å². The summed E-state index contributed by atoms with van der Waals surface area (Å²) >= 11 is 0. The molecule has 0 saturated heterocycles. The van der Waals surface area contributed by atoms with Gasteiger partial charge in [0.15, 0.2) is 0 Å². The predicted octanol–water partition coefficient (Wildman–Crippen LogP) is 1.55. The summed E-state index contributed by atoms with van der Waals surface area (Å²) in [7, 11) is -3.77. The third-order valence-electron chi connectivity index (χ3n) is 4.32. The van der Waals surface area contributed by atoms with E-state index in [1.54, 1.807) is 6.07 Å². The summed E-state index contributed by atoms with van der Waals surface area (Å²) in [6.07, 6.45) is 3.83. The first-order chi connectivity index (χ1) is 11.9. The zero-order valence-electron chi connectivity index (χ0n) is 14.0. The third-order valence-corrected chi connectivity index (χ3v) is 5.94. The maximum Gasteiger partial charge on any atom is 0.267 e. The summed E-state index contributed by atoms with van der Waals surface area (Å²) in [5.41, 5.74) is 2.02. The first-order valence-corrected chi connectivity index (χ1v) is 9.71. The Morgan fingerprint density at radius 2 is 2.00 bits per heavy atom. The molecule has 8 heteroatoms. The van der Waals surface area contributed by atoms with Crippen molar-refractivity contribution in [3.8, 4) is 0 Å². The van der Waals surface area contributed by atoms with Crippen molar-refractivity contribution in [2.45, 2.75) is 44.0 Å². The van der Waals surface area contributed by atoms with Gasteiger partial charge in [0.05, 0.1) is 17.1 Å². The lowest BCUT2D eigenvalue weighted by Gasteiger charge is -2.16. The summed E-state index contributed by atoms with van der Waals surface area (Å²) in [4.78, 5) is 12.1. The molecule has 0 atom stereocenters. The average molecular weight is 365 g/mol. The van der Waals surface area contributed by atoms with Crippen LogP contribution in [0.2, 0.25) is 0 Å². The molecule has 1 aliphatic rings. The molecule has 6 nitrogen and oxygen atoms in total. The van der Waals surface area contributed by atoms with E-state index in [0.717, 1.165) is 43.0 Å². The second-order valence-corrected chi connectivity index (χ2v) is 7.93. The van der Waals surface area contributed by atoms with Gasteiger partial charge in [-0.1, -0.05) is 0 Å². The highest BCUT2D eigenvalue weighted by atomic mass is 32.2. The summed E-state index contributed by atoms with van der Waals surface area (Å²) < 4.78 is 41.5. The molecule has 0 unspecified atom stereocenters. The fourth-order valence-corrected chi connectivity index (χ4v) is 4.28. The molecule has 25 heavy (non-hydrogen) atoms. The molecule has 2 aromatic rings. The van der Waals surface area contributed by atoms with E-state index in [4.69, 9.17) is 0 Å². The Labute approximate surface area is 145 Å². The molecule has 0 bridgehead atoms. The van der Waals surface area contributed by atoms with Gasteiger partial charge in [-0.3, -0.25) is 4.79 Å². The van der Waals surface area contributed by atoms with E-state index in [2.05, 4.69) is 9.82 Å². The molecular weight excluding hydrogens is 345 g/mol. The van der Waals surface area contributed by atoms with Gasteiger partial charge in [0.25, 0.3) is 5.56 Å². The van der Waals surface area contributed by atoms with Crippen LogP contribution in [0.3, 0.4) is 0 Å². The van der Waals surface area contributed by atoms with Gasteiger partial charge in [0, 0.05) is 12.6 Å². The van der Waals surface area contributed by atoms with Crippen LogP contribution in [0, 0.1) is 12.7 Å². The minimum Gasteiger partial charge on any atom is -0.268 e. The average Bonchev–Trinajstić information content (AvgIpc) is 2.54. The quantitative estimate of drug-likeness (QED) is 0.872. The molecule has 0 amide bonds. The van der Waals surface area contributed by atoms with Crippen LogP contribution in [-0.2, 0) is 29.4 Å². The Morgan fingerprint density at radius 1 is 1.24 bits per heavy atom. The van der Waals surface area contributed by atoms with E-state index in [1.165, 1.54) is 23.7 Å². The molecule has 1 N–H and O–H groups in total. The van der Waals surface area contributed by atoms with Crippen molar-refractivity contribution >= 4 is 10.0 Å². The van der Waals surface area contributed by atoms with Crippen LogP contribution >= 0.6 is 0 Å². The number of halogens is 1. The van der Waals surface area contributed by atoms with E-state index in [-0.39, 0.29) is 23.5 Å². The molecule has 1 aromatic heterocycles. The number of hydrogen-bond donors (Lipinski definition) is 1. The van der Waals surface area contributed by atoms with Crippen LogP contribution in [0.15, 0.2) is 34.0 Å². The van der Waals surface area contributed by atoms with Gasteiger partial charge in [-0.15, -0.1) is 0 Å². The lowest BCUT2D eigenvalue weighted by molar-refractivity contribution is 0.526. The largest absolute Gasteiger partial charge is 0.268 e. The Bertz CT molecular complexity index is 954. The lowest BCUT2D eigenvalue weighted by Crippen LogP contribution is -2.33. The number of sulfonamides is 1. The van der Waals surface area contributed by atoms with Crippen molar-refractivity contribution in [2.75, 3.05) is 6.54 Å². The second kappa shape index (κ2) is 7.05. The van der Waals surface area contributed by atoms with Crippen molar-refractivity contribution in [3.05, 3.63) is 57.3 Å². The van der Waals surface area contributed by atoms with Crippen molar-refractivity contribution in [1.82, 2.24) is 14.5 Å². The molecule has 0 fully saturated rings. The molecule has 3 rings (SSSR count). The number of fused-ring (bicyclic) bond motifs is 1. The van der Waals surface area contributed by atoms with Crippen molar-refractivity contribution in [2.24, 2.45) is 0 Å². The molecule has 0 saturated carbocycles. The normalized spacial score (nSPS) is 14.3. The highest BCUT2D eigenvalue weighted by molar-refractivity contribution is 7.89. The molecule has 134 valence electrons. The maximum absolute atomic E-state index is 13.1. The van der Waals surface area contributed by atoms with E-state index in [9.17, 15) is 17.6 Å². The zero-order valence-corrected chi connectivity index (χ0v) is 14.8. The van der Waals surface area contributed by atoms with Gasteiger partial charge in [-0.05, 0) is 61.9 Å². The molecule has 1 heterocycles. The molecule has 0 radical (unpaired) electrons. The SMILES string of the molecule is Cc1cc(F)ccc1S(=O)(=O)NCCn1nc2c(cc1=O)CCCC2. The molecule has 0 spiro atoms. The fraction of sp³-hybridized carbons (Fsp3) is 0.412. The van der Waals surface area contributed by atoms with Crippen LogP contribution in [0.5, 0.6) is 0 Å². The van der Waals surface area contributed by atoms with Gasteiger partial charge in [0.2, 0.25) is 10.0 Å². The van der Waals surface area contributed by atoms with Crippen LogP contribution < -0.4 is 10.3 Å². The monoisotopic (exact) mass is 365 g/mol. The number of hydrogen-bond acceptors (Lipinski definition) is 4. The highest BCUT2D eigenvalue weighted by Crippen LogP contribution is 2.17. The fourth-order valence-electron chi connectivity index (χ4n) is 3.04. The topological polar surface area (TPSA) is 81.1 Å². The highest BCUT2D eigenvalue weighted by Gasteiger charge is 2.17. The number of aryl methyl sites for hydroxylation is 3. The van der Waals surface area contributed by atoms with E-state index >= 15 is 0 Å².